The zero-order valence-corrected chi connectivity index (χ0v) is 21.1. The van der Waals surface area contributed by atoms with E-state index in [0.29, 0.717) is 18.3 Å². The number of hydrogen-bond acceptors (Lipinski definition) is 6. The van der Waals surface area contributed by atoms with Crippen LogP contribution in [0.3, 0.4) is 0 Å². The number of aryl methyl sites for hydroxylation is 2. The van der Waals surface area contributed by atoms with Gasteiger partial charge in [-0.25, -0.2) is 0 Å². The summed E-state index contributed by atoms with van der Waals surface area (Å²) in [5.74, 6) is 0.361. The Morgan fingerprint density at radius 3 is 2.49 bits per heavy atom. The molecule has 35 heavy (non-hydrogen) atoms. The number of nitrogens with zero attached hydrogens (tertiary/aromatic N) is 3. The van der Waals surface area contributed by atoms with Crippen molar-refractivity contribution in [3.05, 3.63) is 41.5 Å². The first-order chi connectivity index (χ1) is 16.8. The molecule has 1 aliphatic rings. The topological polar surface area (TPSA) is 117 Å². The van der Waals surface area contributed by atoms with E-state index in [4.69, 9.17) is 4.52 Å². The Bertz CT molecular complexity index is 1010. The molecule has 1 saturated carbocycles. The number of carbonyl (C=O) groups is 3. The number of aromatic nitrogens is 2. The van der Waals surface area contributed by atoms with Crippen molar-refractivity contribution in [2.45, 2.75) is 84.1 Å². The van der Waals surface area contributed by atoms with Crippen LogP contribution in [0.1, 0.15) is 82.5 Å². The fraction of sp³-hybridized carbons (Fsp3) is 0.577. The van der Waals surface area contributed by atoms with Crippen LogP contribution >= 0.6 is 0 Å². The summed E-state index contributed by atoms with van der Waals surface area (Å²) in [4.78, 5) is 43.5. The molecule has 2 N–H and O–H groups in total. The third-order valence-electron chi connectivity index (χ3n) is 6.42. The third kappa shape index (κ3) is 7.37. The number of nitrogens with one attached hydrogen (secondary N) is 2. The average Bonchev–Trinajstić information content (AvgIpc) is 3.18. The first-order valence-electron chi connectivity index (χ1n) is 12.6. The number of anilines is 1. The van der Waals surface area contributed by atoms with Crippen molar-refractivity contribution in [3.63, 3.8) is 0 Å². The number of amides is 3. The molecule has 1 aliphatic carbocycles. The van der Waals surface area contributed by atoms with Gasteiger partial charge < -0.3 is 20.1 Å². The summed E-state index contributed by atoms with van der Waals surface area (Å²) in [7, 11) is 0. The Labute approximate surface area is 207 Å². The van der Waals surface area contributed by atoms with Gasteiger partial charge in [0.1, 0.15) is 5.54 Å². The maximum atomic E-state index is 12.9. The molecule has 190 valence electrons. The summed E-state index contributed by atoms with van der Waals surface area (Å²) in [6.45, 7) is 5.87. The van der Waals surface area contributed by atoms with Gasteiger partial charge in [-0.2, -0.15) is 4.98 Å². The first kappa shape index (κ1) is 26.4. The molecule has 0 aliphatic heterocycles. The molecule has 0 bridgehead atoms. The zero-order chi connectivity index (χ0) is 25.3. The maximum absolute atomic E-state index is 12.9. The Balaban J connectivity index is 1.61. The van der Waals surface area contributed by atoms with Crippen LogP contribution in [0.5, 0.6) is 0 Å². The highest BCUT2D eigenvalue weighted by Crippen LogP contribution is 2.34. The molecule has 9 heteroatoms. The van der Waals surface area contributed by atoms with Crippen LogP contribution in [-0.4, -0.2) is 45.9 Å². The van der Waals surface area contributed by atoms with Crippen LogP contribution in [0.4, 0.5) is 5.69 Å². The van der Waals surface area contributed by atoms with Crippen molar-refractivity contribution in [2.24, 2.45) is 0 Å². The van der Waals surface area contributed by atoms with Gasteiger partial charge in [0, 0.05) is 32.0 Å². The summed E-state index contributed by atoms with van der Waals surface area (Å²) in [5.41, 5.74) is 1.09. The molecule has 1 aromatic heterocycles. The molecular formula is C26H37N5O4. The van der Waals surface area contributed by atoms with Crippen molar-refractivity contribution in [1.82, 2.24) is 20.4 Å². The number of carbonyl (C=O) groups excluding carboxylic acids is 3. The summed E-state index contributed by atoms with van der Waals surface area (Å²) in [5, 5.41) is 10.1. The normalized spacial score (nSPS) is 15.2. The molecule has 1 aromatic carbocycles. The standard InChI is InChI=1S/C26H37N5O4/c1-4-17-31(18-22(33)27-21-12-8-7-11-19(21)2)24(34)14-13-23-28-25(30-35-23)26(29-20(3)32)15-9-5-6-10-16-26/h7-8,11-12H,4-6,9-10,13-18H2,1-3H3,(H,27,33)(H,29,32). The molecule has 3 amide bonds. The lowest BCUT2D eigenvalue weighted by atomic mass is 9.89. The molecule has 1 heterocycles. The lowest BCUT2D eigenvalue weighted by Crippen LogP contribution is -2.45. The van der Waals surface area contributed by atoms with Crippen molar-refractivity contribution in [1.29, 1.82) is 0 Å². The van der Waals surface area contributed by atoms with Crippen molar-refractivity contribution in [2.75, 3.05) is 18.4 Å². The molecule has 1 fully saturated rings. The minimum Gasteiger partial charge on any atom is -0.343 e. The molecule has 0 spiro atoms. The lowest BCUT2D eigenvalue weighted by molar-refractivity contribution is -0.134. The minimum absolute atomic E-state index is 0.0122. The molecule has 0 radical (unpaired) electrons. The van der Waals surface area contributed by atoms with Crippen LogP contribution < -0.4 is 10.6 Å². The Morgan fingerprint density at radius 2 is 1.83 bits per heavy atom. The molecular weight excluding hydrogens is 446 g/mol. The SMILES string of the molecule is CCCN(CC(=O)Nc1ccccc1C)C(=O)CCc1nc(C2(NC(C)=O)CCCCCC2)no1. The van der Waals surface area contributed by atoms with E-state index in [1.54, 1.807) is 4.90 Å². The smallest absolute Gasteiger partial charge is 0.244 e. The summed E-state index contributed by atoms with van der Waals surface area (Å²) >= 11 is 0. The van der Waals surface area contributed by atoms with Gasteiger partial charge in [-0.1, -0.05) is 56.0 Å². The molecule has 0 unspecified atom stereocenters. The van der Waals surface area contributed by atoms with E-state index in [1.807, 2.05) is 38.1 Å². The van der Waals surface area contributed by atoms with Crippen molar-refractivity contribution in [3.8, 4) is 0 Å². The van der Waals surface area contributed by atoms with E-state index < -0.39 is 5.54 Å². The maximum Gasteiger partial charge on any atom is 0.244 e. The highest BCUT2D eigenvalue weighted by molar-refractivity contribution is 5.95. The number of benzene rings is 1. The van der Waals surface area contributed by atoms with Crippen LogP contribution in [0, 0.1) is 6.92 Å². The average molecular weight is 484 g/mol. The lowest BCUT2D eigenvalue weighted by Gasteiger charge is -2.30. The first-order valence-corrected chi connectivity index (χ1v) is 12.6. The van der Waals surface area contributed by atoms with E-state index in [1.165, 1.54) is 6.92 Å². The van der Waals surface area contributed by atoms with Crippen LogP contribution in [0.15, 0.2) is 28.8 Å². The Kier molecular flexibility index (Phi) is 9.39. The van der Waals surface area contributed by atoms with Gasteiger partial charge in [-0.15, -0.1) is 0 Å². The minimum atomic E-state index is -0.615. The van der Waals surface area contributed by atoms with Gasteiger partial charge in [0.15, 0.2) is 5.82 Å². The molecule has 9 nitrogen and oxygen atoms in total. The fourth-order valence-corrected chi connectivity index (χ4v) is 4.63. The summed E-state index contributed by atoms with van der Waals surface area (Å²) in [6, 6.07) is 7.54. The number of para-hydroxylation sites is 1. The van der Waals surface area contributed by atoms with Crippen LogP contribution in [0.2, 0.25) is 0 Å². The van der Waals surface area contributed by atoms with Crippen LogP contribution in [-0.2, 0) is 26.3 Å². The third-order valence-corrected chi connectivity index (χ3v) is 6.42. The van der Waals surface area contributed by atoms with E-state index in [2.05, 4.69) is 20.8 Å². The zero-order valence-electron chi connectivity index (χ0n) is 21.1. The molecule has 3 rings (SSSR count). The van der Waals surface area contributed by atoms with E-state index in [0.717, 1.165) is 56.2 Å². The molecule has 0 saturated heterocycles. The van der Waals surface area contributed by atoms with E-state index >= 15 is 0 Å². The number of hydrogen-bond donors (Lipinski definition) is 2. The second-order valence-corrected chi connectivity index (χ2v) is 9.37. The fourth-order valence-electron chi connectivity index (χ4n) is 4.63. The molecule has 2 aromatic rings. The van der Waals surface area contributed by atoms with Gasteiger partial charge in [0.2, 0.25) is 23.6 Å². The van der Waals surface area contributed by atoms with Crippen LogP contribution in [0.25, 0.3) is 0 Å². The monoisotopic (exact) mass is 483 g/mol. The quantitative estimate of drug-likeness (QED) is 0.495. The second kappa shape index (κ2) is 12.5. The van der Waals surface area contributed by atoms with Gasteiger partial charge in [0.05, 0.1) is 6.54 Å². The summed E-state index contributed by atoms with van der Waals surface area (Å²) < 4.78 is 5.47. The second-order valence-electron chi connectivity index (χ2n) is 9.37. The predicted octanol–water partition coefficient (Wildman–Crippen LogP) is 3.87. The Morgan fingerprint density at radius 1 is 1.11 bits per heavy atom. The van der Waals surface area contributed by atoms with Gasteiger partial charge in [0.25, 0.3) is 0 Å². The van der Waals surface area contributed by atoms with Crippen molar-refractivity contribution < 1.29 is 18.9 Å². The molecule has 0 atom stereocenters. The Hall–Kier alpha value is -3.23. The van der Waals surface area contributed by atoms with E-state index in [-0.39, 0.29) is 37.1 Å². The highest BCUT2D eigenvalue weighted by atomic mass is 16.5. The van der Waals surface area contributed by atoms with Crippen molar-refractivity contribution >= 4 is 23.4 Å². The number of rotatable bonds is 10. The van der Waals surface area contributed by atoms with E-state index in [9.17, 15) is 14.4 Å². The largest absolute Gasteiger partial charge is 0.343 e. The van der Waals surface area contributed by atoms with Gasteiger partial charge in [-0.05, 0) is 37.8 Å². The summed E-state index contributed by atoms with van der Waals surface area (Å²) in [6.07, 6.45) is 6.92. The van der Waals surface area contributed by atoms with Gasteiger partial charge in [-0.3, -0.25) is 14.4 Å². The van der Waals surface area contributed by atoms with Gasteiger partial charge >= 0.3 is 0 Å². The predicted molar refractivity (Wildman–Crippen MR) is 132 cm³/mol. The highest BCUT2D eigenvalue weighted by Gasteiger charge is 2.38.